The quantitative estimate of drug-likeness (QED) is 0.356. The zero-order valence-electron chi connectivity index (χ0n) is 14.2. The topological polar surface area (TPSA) is 128 Å². The Kier molecular flexibility index (Phi) is 8.49. The highest BCUT2D eigenvalue weighted by Crippen LogP contribution is 2.22. The molecular formula is C15H25N5O3. The summed E-state index contributed by atoms with van der Waals surface area (Å²) in [6, 6.07) is 1.28. The molecule has 1 aromatic heterocycles. The summed E-state index contributed by atoms with van der Waals surface area (Å²) in [5.41, 5.74) is 6.30. The van der Waals surface area contributed by atoms with Crippen molar-refractivity contribution in [3.8, 4) is 0 Å². The second kappa shape index (κ2) is 9.52. The van der Waals surface area contributed by atoms with E-state index in [1.54, 1.807) is 6.92 Å². The van der Waals surface area contributed by atoms with Gasteiger partial charge >= 0.3 is 0 Å². The fourth-order valence-corrected chi connectivity index (χ4v) is 1.65. The summed E-state index contributed by atoms with van der Waals surface area (Å²) in [5.74, 6) is 5.75. The molecule has 0 unspecified atom stereocenters. The molecule has 0 aromatic carbocycles. The van der Waals surface area contributed by atoms with Gasteiger partial charge in [0.15, 0.2) is 5.78 Å². The molecule has 1 aromatic rings. The van der Waals surface area contributed by atoms with E-state index in [1.807, 2.05) is 27.7 Å². The van der Waals surface area contributed by atoms with Gasteiger partial charge in [-0.1, -0.05) is 27.7 Å². The van der Waals surface area contributed by atoms with Gasteiger partial charge in [-0.3, -0.25) is 24.9 Å². The van der Waals surface area contributed by atoms with Gasteiger partial charge in [0.1, 0.15) is 6.20 Å². The Hall–Kier alpha value is -2.48. The van der Waals surface area contributed by atoms with Crippen LogP contribution < -0.4 is 16.6 Å². The van der Waals surface area contributed by atoms with Gasteiger partial charge in [-0.15, -0.1) is 0 Å². The Morgan fingerprint density at radius 2 is 2.04 bits per heavy atom. The number of ketones is 1. The van der Waals surface area contributed by atoms with Gasteiger partial charge in [0.05, 0.1) is 22.0 Å². The van der Waals surface area contributed by atoms with Gasteiger partial charge in [0, 0.05) is 18.7 Å². The average molecular weight is 323 g/mol. The molecule has 0 aliphatic carbocycles. The number of pyridine rings is 1. The third-order valence-corrected chi connectivity index (χ3v) is 2.73. The standard InChI is InChI=1S/C13H19N5O3.C2H6/c1-8(2)4-13(19)11(14)7-17(15)12-5-10(18(20)21)6-16-9(12)3;1-2/h5-8H,4,14-15H2,1-3H3;1-2H3/b11-7-;. The molecule has 0 saturated carbocycles. The van der Waals surface area contributed by atoms with Gasteiger partial charge in [-0.2, -0.15) is 0 Å². The first-order chi connectivity index (χ1) is 10.7. The number of anilines is 1. The van der Waals surface area contributed by atoms with Crippen molar-refractivity contribution in [1.82, 2.24) is 4.98 Å². The molecule has 0 radical (unpaired) electrons. The number of rotatable bonds is 6. The first-order valence-electron chi connectivity index (χ1n) is 7.37. The molecule has 0 bridgehead atoms. The summed E-state index contributed by atoms with van der Waals surface area (Å²) >= 11 is 0. The monoisotopic (exact) mass is 323 g/mol. The third kappa shape index (κ3) is 6.43. The fraction of sp³-hybridized carbons (Fsp3) is 0.467. The van der Waals surface area contributed by atoms with Crippen LogP contribution in [0.2, 0.25) is 0 Å². The Balaban J connectivity index is 0.00000232. The molecule has 0 fully saturated rings. The van der Waals surface area contributed by atoms with Gasteiger partial charge in [-0.25, -0.2) is 5.84 Å². The van der Waals surface area contributed by atoms with Crippen LogP contribution in [0.5, 0.6) is 0 Å². The van der Waals surface area contributed by atoms with E-state index in [4.69, 9.17) is 11.6 Å². The van der Waals surface area contributed by atoms with Gasteiger partial charge < -0.3 is 5.73 Å². The SMILES string of the molecule is CC.Cc1ncc([N+](=O)[O-])cc1N(N)/C=C(\N)C(=O)CC(C)C. The minimum atomic E-state index is -0.569. The summed E-state index contributed by atoms with van der Waals surface area (Å²) in [6.07, 6.45) is 2.70. The predicted molar refractivity (Wildman–Crippen MR) is 90.4 cm³/mol. The van der Waals surface area contributed by atoms with Crippen LogP contribution in [0.1, 0.15) is 39.8 Å². The molecule has 128 valence electrons. The molecule has 0 spiro atoms. The third-order valence-electron chi connectivity index (χ3n) is 2.73. The summed E-state index contributed by atoms with van der Waals surface area (Å²) in [7, 11) is 0. The molecule has 0 atom stereocenters. The number of aryl methyl sites for hydroxylation is 1. The lowest BCUT2D eigenvalue weighted by Gasteiger charge is -2.16. The van der Waals surface area contributed by atoms with E-state index in [-0.39, 0.29) is 23.1 Å². The van der Waals surface area contributed by atoms with Crippen molar-refractivity contribution >= 4 is 17.2 Å². The number of aromatic nitrogens is 1. The normalized spacial score (nSPS) is 10.8. The molecule has 4 N–H and O–H groups in total. The summed E-state index contributed by atoms with van der Waals surface area (Å²) < 4.78 is 0. The van der Waals surface area contributed by atoms with Crippen LogP contribution in [-0.4, -0.2) is 15.7 Å². The van der Waals surface area contributed by atoms with Crippen molar-refractivity contribution in [2.45, 2.75) is 41.0 Å². The van der Waals surface area contributed by atoms with Gasteiger partial charge in [0.25, 0.3) is 5.69 Å². The molecule has 8 nitrogen and oxygen atoms in total. The van der Waals surface area contributed by atoms with E-state index in [2.05, 4.69) is 4.98 Å². The smallest absolute Gasteiger partial charge is 0.289 e. The molecule has 0 aliphatic rings. The number of Topliss-reactive ketones (excluding diaryl/α,β-unsaturated/α-hetero) is 1. The largest absolute Gasteiger partial charge is 0.395 e. The van der Waals surface area contributed by atoms with Crippen LogP contribution >= 0.6 is 0 Å². The van der Waals surface area contributed by atoms with Crippen molar-refractivity contribution in [2.24, 2.45) is 17.5 Å². The number of nitro groups is 1. The highest BCUT2D eigenvalue weighted by Gasteiger charge is 2.14. The minimum absolute atomic E-state index is 0.00268. The first kappa shape index (κ1) is 20.5. The van der Waals surface area contributed by atoms with Crippen molar-refractivity contribution in [3.63, 3.8) is 0 Å². The highest BCUT2D eigenvalue weighted by atomic mass is 16.6. The number of carbonyl (C=O) groups is 1. The second-order valence-corrected chi connectivity index (χ2v) is 5.07. The lowest BCUT2D eigenvalue weighted by Crippen LogP contribution is -2.29. The molecule has 8 heteroatoms. The molecule has 0 amide bonds. The number of carbonyl (C=O) groups excluding carboxylic acids is 1. The van der Waals surface area contributed by atoms with Crippen LogP contribution in [0.15, 0.2) is 24.2 Å². The molecule has 23 heavy (non-hydrogen) atoms. The number of allylic oxidation sites excluding steroid dienone is 1. The summed E-state index contributed by atoms with van der Waals surface area (Å²) in [4.78, 5) is 25.9. The predicted octanol–water partition coefficient (Wildman–Crippen LogP) is 2.42. The summed E-state index contributed by atoms with van der Waals surface area (Å²) in [6.45, 7) is 9.46. The number of hydrazine groups is 1. The Labute approximate surface area is 136 Å². The van der Waals surface area contributed by atoms with Crippen molar-refractivity contribution < 1.29 is 9.72 Å². The lowest BCUT2D eigenvalue weighted by atomic mass is 10.1. The Morgan fingerprint density at radius 3 is 2.52 bits per heavy atom. The average Bonchev–Trinajstić information content (AvgIpc) is 2.48. The van der Waals surface area contributed by atoms with Crippen LogP contribution in [0.3, 0.4) is 0 Å². The van der Waals surface area contributed by atoms with Crippen LogP contribution in [-0.2, 0) is 4.79 Å². The van der Waals surface area contributed by atoms with Crippen LogP contribution in [0, 0.1) is 23.0 Å². The second-order valence-electron chi connectivity index (χ2n) is 5.07. The van der Waals surface area contributed by atoms with E-state index >= 15 is 0 Å². The molecule has 0 saturated heterocycles. The van der Waals surface area contributed by atoms with E-state index in [0.29, 0.717) is 17.8 Å². The highest BCUT2D eigenvalue weighted by molar-refractivity contribution is 5.94. The summed E-state index contributed by atoms with van der Waals surface area (Å²) in [5, 5.41) is 11.8. The van der Waals surface area contributed by atoms with Gasteiger partial charge in [0.2, 0.25) is 0 Å². The van der Waals surface area contributed by atoms with Crippen LogP contribution in [0.4, 0.5) is 11.4 Å². The minimum Gasteiger partial charge on any atom is -0.395 e. The van der Waals surface area contributed by atoms with E-state index in [0.717, 1.165) is 11.2 Å². The number of hydrogen-bond acceptors (Lipinski definition) is 7. The van der Waals surface area contributed by atoms with E-state index < -0.39 is 4.92 Å². The Bertz CT molecular complexity index is 584. The van der Waals surface area contributed by atoms with Crippen molar-refractivity contribution in [3.05, 3.63) is 40.0 Å². The maximum absolute atomic E-state index is 11.8. The zero-order valence-corrected chi connectivity index (χ0v) is 14.2. The zero-order chi connectivity index (χ0) is 18.2. The fourth-order valence-electron chi connectivity index (χ4n) is 1.65. The van der Waals surface area contributed by atoms with Crippen LogP contribution in [0.25, 0.3) is 0 Å². The maximum Gasteiger partial charge on any atom is 0.289 e. The molecule has 1 heterocycles. The molecular weight excluding hydrogens is 298 g/mol. The first-order valence-corrected chi connectivity index (χ1v) is 7.37. The maximum atomic E-state index is 11.8. The number of hydrogen-bond donors (Lipinski definition) is 2. The number of nitrogens with zero attached hydrogens (tertiary/aromatic N) is 3. The number of nitrogens with two attached hydrogens (primary N) is 2. The molecule has 0 aliphatic heterocycles. The Morgan fingerprint density at radius 1 is 1.48 bits per heavy atom. The lowest BCUT2D eigenvalue weighted by molar-refractivity contribution is -0.385. The van der Waals surface area contributed by atoms with Crippen molar-refractivity contribution in [2.75, 3.05) is 5.01 Å². The molecule has 1 rings (SSSR count). The van der Waals surface area contributed by atoms with Crippen molar-refractivity contribution in [1.29, 1.82) is 0 Å². The van der Waals surface area contributed by atoms with Gasteiger partial charge in [-0.05, 0) is 12.8 Å². The van der Waals surface area contributed by atoms with E-state index in [9.17, 15) is 14.9 Å². The van der Waals surface area contributed by atoms with E-state index in [1.165, 1.54) is 12.3 Å².